The number of benzene rings is 1. The van der Waals surface area contributed by atoms with Crippen LogP contribution in [-0.2, 0) is 10.2 Å². The lowest BCUT2D eigenvalue weighted by molar-refractivity contribution is -0.126. The molecule has 4 nitrogen and oxygen atoms in total. The number of rotatable bonds is 6. The summed E-state index contributed by atoms with van der Waals surface area (Å²) in [4.78, 5) is 12.9. The fourth-order valence-electron chi connectivity index (χ4n) is 3.90. The van der Waals surface area contributed by atoms with Crippen LogP contribution in [0.5, 0.6) is 5.75 Å². The maximum Gasteiger partial charge on any atom is 0.230 e. The molecule has 2 aliphatic heterocycles. The Morgan fingerprint density at radius 3 is 2.36 bits per heavy atom. The molecule has 0 aliphatic carbocycles. The van der Waals surface area contributed by atoms with Gasteiger partial charge < -0.3 is 15.4 Å². The van der Waals surface area contributed by atoms with Gasteiger partial charge in [0.25, 0.3) is 0 Å². The van der Waals surface area contributed by atoms with E-state index in [2.05, 4.69) is 24.5 Å². The molecule has 2 heterocycles. The average molecular weight is 344 g/mol. The lowest BCUT2D eigenvalue weighted by Gasteiger charge is -2.33. The van der Waals surface area contributed by atoms with Gasteiger partial charge in [-0.3, -0.25) is 4.79 Å². The van der Waals surface area contributed by atoms with Gasteiger partial charge >= 0.3 is 0 Å². The maximum atomic E-state index is 12.9. The number of carbonyl (C=O) groups is 1. The molecule has 4 heteroatoms. The Labute approximate surface area is 151 Å². The standard InChI is InChI=1S/C21H32N2O2/c1-14(2)13-25-19-9-5-15(6-10-19)21(3,4)20(24)23-18-11-16-7-8-17(12-18)22-16/h5-6,9-10,14,16-18,22H,7-8,11-13H2,1-4H3,(H,23,24). The highest BCUT2D eigenvalue weighted by molar-refractivity contribution is 5.87. The van der Waals surface area contributed by atoms with E-state index in [0.717, 1.165) is 24.2 Å². The molecule has 0 saturated carbocycles. The zero-order valence-corrected chi connectivity index (χ0v) is 16.0. The van der Waals surface area contributed by atoms with Crippen molar-refractivity contribution in [2.24, 2.45) is 5.92 Å². The van der Waals surface area contributed by atoms with E-state index in [1.54, 1.807) is 0 Å². The first-order valence-electron chi connectivity index (χ1n) is 9.65. The Hall–Kier alpha value is -1.55. The van der Waals surface area contributed by atoms with Crippen LogP contribution in [0.3, 0.4) is 0 Å². The van der Waals surface area contributed by atoms with Crippen LogP contribution < -0.4 is 15.4 Å². The van der Waals surface area contributed by atoms with Gasteiger partial charge in [-0.2, -0.15) is 0 Å². The molecular weight excluding hydrogens is 312 g/mol. The summed E-state index contributed by atoms with van der Waals surface area (Å²) in [5.74, 6) is 1.49. The van der Waals surface area contributed by atoms with E-state index in [0.29, 0.717) is 30.7 Å². The van der Waals surface area contributed by atoms with Gasteiger partial charge in [0.2, 0.25) is 5.91 Å². The van der Waals surface area contributed by atoms with Crippen LogP contribution in [0.2, 0.25) is 0 Å². The van der Waals surface area contributed by atoms with Crippen LogP contribution in [0, 0.1) is 5.92 Å². The summed E-state index contributed by atoms with van der Waals surface area (Å²) in [7, 11) is 0. The summed E-state index contributed by atoms with van der Waals surface area (Å²) in [5.41, 5.74) is 0.486. The maximum absolute atomic E-state index is 12.9. The van der Waals surface area contributed by atoms with Gasteiger partial charge in [-0.1, -0.05) is 26.0 Å². The second kappa shape index (κ2) is 7.36. The number of amides is 1. The second-order valence-corrected chi connectivity index (χ2v) is 8.63. The van der Waals surface area contributed by atoms with Gasteiger partial charge in [0, 0.05) is 18.1 Å². The smallest absolute Gasteiger partial charge is 0.230 e. The quantitative estimate of drug-likeness (QED) is 0.831. The Morgan fingerprint density at radius 2 is 1.80 bits per heavy atom. The zero-order valence-electron chi connectivity index (χ0n) is 16.0. The average Bonchev–Trinajstić information content (AvgIpc) is 2.91. The Kier molecular flexibility index (Phi) is 5.38. The third kappa shape index (κ3) is 4.35. The SMILES string of the molecule is CC(C)COc1ccc(C(C)(C)C(=O)NC2CC3CCC(C2)N3)cc1. The van der Waals surface area contributed by atoms with Crippen molar-refractivity contribution in [2.75, 3.05) is 6.61 Å². The number of nitrogens with one attached hydrogen (secondary N) is 2. The topological polar surface area (TPSA) is 50.4 Å². The molecule has 2 bridgehead atoms. The van der Waals surface area contributed by atoms with Gasteiger partial charge in [-0.25, -0.2) is 0 Å². The Morgan fingerprint density at radius 1 is 1.20 bits per heavy atom. The number of piperidine rings is 1. The summed E-state index contributed by atoms with van der Waals surface area (Å²) in [6.07, 6.45) is 4.61. The number of ether oxygens (including phenoxy) is 1. The van der Waals surface area contributed by atoms with Crippen LogP contribution in [0.25, 0.3) is 0 Å². The van der Waals surface area contributed by atoms with Crippen molar-refractivity contribution in [2.45, 2.75) is 76.9 Å². The fraction of sp³-hybridized carbons (Fsp3) is 0.667. The first-order chi connectivity index (χ1) is 11.8. The van der Waals surface area contributed by atoms with Crippen molar-refractivity contribution in [3.63, 3.8) is 0 Å². The highest BCUT2D eigenvalue weighted by atomic mass is 16.5. The van der Waals surface area contributed by atoms with Crippen LogP contribution in [0.1, 0.15) is 58.9 Å². The molecular formula is C21H32N2O2. The lowest BCUT2D eigenvalue weighted by atomic mass is 9.83. The van der Waals surface area contributed by atoms with Gasteiger partial charge in [-0.05, 0) is 63.1 Å². The molecule has 3 rings (SSSR count). The van der Waals surface area contributed by atoms with Gasteiger partial charge in [-0.15, -0.1) is 0 Å². The molecule has 1 aromatic rings. The van der Waals surface area contributed by atoms with Crippen molar-refractivity contribution < 1.29 is 9.53 Å². The predicted octanol–water partition coefficient (Wildman–Crippen LogP) is 3.40. The molecule has 2 fully saturated rings. The molecule has 0 aromatic heterocycles. The molecule has 2 N–H and O–H groups in total. The highest BCUT2D eigenvalue weighted by Crippen LogP contribution is 2.29. The molecule has 2 unspecified atom stereocenters. The second-order valence-electron chi connectivity index (χ2n) is 8.63. The molecule has 2 aliphatic rings. The predicted molar refractivity (Wildman–Crippen MR) is 101 cm³/mol. The van der Waals surface area contributed by atoms with Gasteiger partial charge in [0.05, 0.1) is 12.0 Å². The van der Waals surface area contributed by atoms with Crippen LogP contribution >= 0.6 is 0 Å². The van der Waals surface area contributed by atoms with Crippen molar-refractivity contribution in [1.82, 2.24) is 10.6 Å². The Bertz CT molecular complexity index is 582. The number of hydrogen-bond donors (Lipinski definition) is 2. The van der Waals surface area contributed by atoms with Crippen LogP contribution in [-0.4, -0.2) is 30.6 Å². The van der Waals surface area contributed by atoms with E-state index in [1.165, 1.54) is 12.8 Å². The molecule has 1 amide bonds. The fourth-order valence-corrected chi connectivity index (χ4v) is 3.90. The van der Waals surface area contributed by atoms with Crippen LogP contribution in [0.4, 0.5) is 0 Å². The first kappa shape index (κ1) is 18.2. The van der Waals surface area contributed by atoms with Crippen LogP contribution in [0.15, 0.2) is 24.3 Å². The first-order valence-corrected chi connectivity index (χ1v) is 9.65. The molecule has 2 atom stereocenters. The normalized spacial score (nSPS) is 25.9. The number of hydrogen-bond acceptors (Lipinski definition) is 3. The zero-order chi connectivity index (χ0) is 18.0. The Balaban J connectivity index is 1.60. The minimum absolute atomic E-state index is 0.120. The van der Waals surface area contributed by atoms with Crippen molar-refractivity contribution in [3.05, 3.63) is 29.8 Å². The van der Waals surface area contributed by atoms with E-state index < -0.39 is 5.41 Å². The lowest BCUT2D eigenvalue weighted by Crippen LogP contribution is -2.51. The van der Waals surface area contributed by atoms with Crippen molar-refractivity contribution >= 4 is 5.91 Å². The number of fused-ring (bicyclic) bond motifs is 2. The molecule has 2 saturated heterocycles. The highest BCUT2D eigenvalue weighted by Gasteiger charge is 2.37. The van der Waals surface area contributed by atoms with Gasteiger partial charge in [0.15, 0.2) is 0 Å². The minimum Gasteiger partial charge on any atom is -0.493 e. The van der Waals surface area contributed by atoms with E-state index in [-0.39, 0.29) is 5.91 Å². The van der Waals surface area contributed by atoms with Crippen molar-refractivity contribution in [3.8, 4) is 5.75 Å². The molecule has 1 aromatic carbocycles. The third-order valence-electron chi connectivity index (χ3n) is 5.54. The van der Waals surface area contributed by atoms with Crippen molar-refractivity contribution in [1.29, 1.82) is 0 Å². The monoisotopic (exact) mass is 344 g/mol. The summed E-state index contributed by atoms with van der Waals surface area (Å²) in [5, 5.41) is 6.93. The van der Waals surface area contributed by atoms with Gasteiger partial charge in [0.1, 0.15) is 5.75 Å². The van der Waals surface area contributed by atoms with E-state index in [4.69, 9.17) is 4.74 Å². The summed E-state index contributed by atoms with van der Waals surface area (Å²) < 4.78 is 5.74. The molecule has 0 spiro atoms. The summed E-state index contributed by atoms with van der Waals surface area (Å²) in [6.45, 7) is 8.98. The van der Waals surface area contributed by atoms with E-state index in [1.807, 2.05) is 38.1 Å². The van der Waals surface area contributed by atoms with E-state index in [9.17, 15) is 4.79 Å². The summed E-state index contributed by atoms with van der Waals surface area (Å²) >= 11 is 0. The molecule has 138 valence electrons. The molecule has 25 heavy (non-hydrogen) atoms. The minimum atomic E-state index is -0.541. The molecule has 0 radical (unpaired) electrons. The third-order valence-corrected chi connectivity index (χ3v) is 5.54. The number of carbonyl (C=O) groups excluding carboxylic acids is 1. The largest absolute Gasteiger partial charge is 0.493 e. The summed E-state index contributed by atoms with van der Waals surface area (Å²) in [6, 6.07) is 9.45. The van der Waals surface area contributed by atoms with E-state index >= 15 is 0 Å².